The summed E-state index contributed by atoms with van der Waals surface area (Å²) in [5.74, 6) is 0. The lowest BCUT2D eigenvalue weighted by Crippen LogP contribution is -2.51. The second-order valence-corrected chi connectivity index (χ2v) is 5.67. The highest BCUT2D eigenvalue weighted by Gasteiger charge is 2.30. The molecule has 1 heterocycles. The van der Waals surface area contributed by atoms with Gasteiger partial charge in [-0.1, -0.05) is 6.42 Å². The molecule has 0 bridgehead atoms. The van der Waals surface area contributed by atoms with Crippen molar-refractivity contribution in [2.24, 2.45) is 0 Å². The molecule has 1 atom stereocenters. The number of rotatable bonds is 6. The van der Waals surface area contributed by atoms with E-state index in [4.69, 9.17) is 4.74 Å². The Morgan fingerprint density at radius 1 is 1.24 bits per heavy atom. The van der Waals surface area contributed by atoms with Crippen molar-refractivity contribution in [3.63, 3.8) is 0 Å². The molecule has 0 aromatic heterocycles. The first-order valence-corrected chi connectivity index (χ1v) is 7.38. The van der Waals surface area contributed by atoms with Crippen molar-refractivity contribution in [3.05, 3.63) is 0 Å². The second-order valence-electron chi connectivity index (χ2n) is 5.67. The quantitative estimate of drug-likeness (QED) is 0.769. The molecule has 0 spiro atoms. The Morgan fingerprint density at radius 2 is 1.94 bits per heavy atom. The van der Waals surface area contributed by atoms with Crippen molar-refractivity contribution < 1.29 is 4.74 Å². The van der Waals surface area contributed by atoms with Gasteiger partial charge in [0.2, 0.25) is 0 Å². The summed E-state index contributed by atoms with van der Waals surface area (Å²) in [6.07, 6.45) is 7.15. The SMILES string of the molecule is CCOC1CC(NC(C)CN2CCCCC2)C1. The summed E-state index contributed by atoms with van der Waals surface area (Å²) in [7, 11) is 0. The van der Waals surface area contributed by atoms with Crippen molar-refractivity contribution in [2.75, 3.05) is 26.2 Å². The van der Waals surface area contributed by atoms with Gasteiger partial charge in [0.05, 0.1) is 6.10 Å². The lowest BCUT2D eigenvalue weighted by molar-refractivity contribution is -0.0129. The average Bonchev–Trinajstić information content (AvgIpc) is 2.27. The third-order valence-electron chi connectivity index (χ3n) is 4.00. The van der Waals surface area contributed by atoms with E-state index < -0.39 is 0 Å². The molecule has 1 unspecified atom stereocenters. The molecule has 1 aliphatic heterocycles. The van der Waals surface area contributed by atoms with Crippen LogP contribution < -0.4 is 5.32 Å². The molecule has 0 amide bonds. The van der Waals surface area contributed by atoms with Gasteiger partial charge in [0.1, 0.15) is 0 Å². The summed E-state index contributed by atoms with van der Waals surface area (Å²) in [4.78, 5) is 2.61. The fourth-order valence-corrected chi connectivity index (χ4v) is 3.06. The summed E-state index contributed by atoms with van der Waals surface area (Å²) in [5.41, 5.74) is 0. The Hall–Kier alpha value is -0.120. The standard InChI is InChI=1S/C14H28N2O/c1-3-17-14-9-13(10-14)15-12(2)11-16-7-5-4-6-8-16/h12-15H,3-11H2,1-2H3. The lowest BCUT2D eigenvalue weighted by Gasteiger charge is -2.38. The summed E-state index contributed by atoms with van der Waals surface area (Å²) in [6.45, 7) is 9.09. The Morgan fingerprint density at radius 3 is 2.59 bits per heavy atom. The van der Waals surface area contributed by atoms with Gasteiger partial charge < -0.3 is 15.0 Å². The first-order chi connectivity index (χ1) is 8.28. The molecule has 0 aromatic carbocycles. The minimum absolute atomic E-state index is 0.527. The highest BCUT2D eigenvalue weighted by atomic mass is 16.5. The zero-order chi connectivity index (χ0) is 12.1. The van der Waals surface area contributed by atoms with Gasteiger partial charge in [-0.15, -0.1) is 0 Å². The van der Waals surface area contributed by atoms with Crippen molar-refractivity contribution in [1.82, 2.24) is 10.2 Å². The monoisotopic (exact) mass is 240 g/mol. The van der Waals surface area contributed by atoms with Gasteiger partial charge in [-0.05, 0) is 52.6 Å². The Bertz CT molecular complexity index is 210. The number of piperidine rings is 1. The van der Waals surface area contributed by atoms with Crippen LogP contribution in [0.5, 0.6) is 0 Å². The topological polar surface area (TPSA) is 24.5 Å². The summed E-state index contributed by atoms with van der Waals surface area (Å²) < 4.78 is 5.59. The molecule has 2 rings (SSSR count). The van der Waals surface area contributed by atoms with E-state index in [1.165, 1.54) is 51.7 Å². The maximum absolute atomic E-state index is 5.59. The van der Waals surface area contributed by atoms with Crippen molar-refractivity contribution in [2.45, 2.75) is 64.1 Å². The van der Waals surface area contributed by atoms with E-state index in [-0.39, 0.29) is 0 Å². The number of ether oxygens (including phenoxy) is 1. The van der Waals surface area contributed by atoms with E-state index in [9.17, 15) is 0 Å². The molecular weight excluding hydrogens is 212 g/mol. The Balaban J connectivity index is 1.56. The molecule has 2 aliphatic rings. The zero-order valence-electron chi connectivity index (χ0n) is 11.5. The fourth-order valence-electron chi connectivity index (χ4n) is 3.06. The Kier molecular flexibility index (Phi) is 5.26. The van der Waals surface area contributed by atoms with Crippen molar-refractivity contribution in [1.29, 1.82) is 0 Å². The smallest absolute Gasteiger partial charge is 0.0604 e. The molecule has 1 N–H and O–H groups in total. The molecule has 1 saturated carbocycles. The van der Waals surface area contributed by atoms with Gasteiger partial charge in [-0.25, -0.2) is 0 Å². The number of likely N-dealkylation sites (tertiary alicyclic amines) is 1. The average molecular weight is 240 g/mol. The summed E-state index contributed by atoms with van der Waals surface area (Å²) in [5, 5.41) is 3.73. The van der Waals surface area contributed by atoms with E-state index in [1.807, 2.05) is 0 Å². The van der Waals surface area contributed by atoms with Crippen LogP contribution >= 0.6 is 0 Å². The van der Waals surface area contributed by atoms with Crippen LogP contribution in [-0.2, 0) is 4.74 Å². The molecule has 0 radical (unpaired) electrons. The molecule has 3 heteroatoms. The summed E-state index contributed by atoms with van der Waals surface area (Å²) in [6, 6.07) is 1.33. The van der Waals surface area contributed by atoms with Crippen LogP contribution in [0.25, 0.3) is 0 Å². The van der Waals surface area contributed by atoms with Gasteiger partial charge in [-0.3, -0.25) is 0 Å². The minimum Gasteiger partial charge on any atom is -0.378 e. The molecule has 100 valence electrons. The first-order valence-electron chi connectivity index (χ1n) is 7.38. The molecule has 2 fully saturated rings. The largest absolute Gasteiger partial charge is 0.378 e. The molecule has 0 aromatic rings. The normalized spacial score (nSPS) is 32.1. The van der Waals surface area contributed by atoms with E-state index in [0.29, 0.717) is 18.2 Å². The third kappa shape index (κ3) is 4.23. The van der Waals surface area contributed by atoms with E-state index >= 15 is 0 Å². The highest BCUT2D eigenvalue weighted by molar-refractivity contribution is 4.88. The third-order valence-corrected chi connectivity index (χ3v) is 4.00. The van der Waals surface area contributed by atoms with E-state index in [1.54, 1.807) is 0 Å². The predicted molar refractivity (Wildman–Crippen MR) is 71.3 cm³/mol. The van der Waals surface area contributed by atoms with Gasteiger partial charge >= 0.3 is 0 Å². The van der Waals surface area contributed by atoms with Gasteiger partial charge in [0.15, 0.2) is 0 Å². The zero-order valence-corrected chi connectivity index (χ0v) is 11.5. The second kappa shape index (κ2) is 6.72. The number of hydrogen-bond donors (Lipinski definition) is 1. The van der Waals surface area contributed by atoms with Crippen LogP contribution in [0.3, 0.4) is 0 Å². The van der Waals surface area contributed by atoms with Crippen LogP contribution in [-0.4, -0.2) is 49.3 Å². The molecule has 1 aliphatic carbocycles. The lowest BCUT2D eigenvalue weighted by atomic mass is 9.88. The predicted octanol–water partition coefficient (Wildman–Crippen LogP) is 2.02. The number of nitrogens with one attached hydrogen (secondary N) is 1. The van der Waals surface area contributed by atoms with Gasteiger partial charge in [0, 0.05) is 25.2 Å². The van der Waals surface area contributed by atoms with E-state index in [2.05, 4.69) is 24.1 Å². The van der Waals surface area contributed by atoms with Gasteiger partial charge in [-0.2, -0.15) is 0 Å². The maximum atomic E-state index is 5.59. The summed E-state index contributed by atoms with van der Waals surface area (Å²) >= 11 is 0. The van der Waals surface area contributed by atoms with Crippen LogP contribution in [0.2, 0.25) is 0 Å². The maximum Gasteiger partial charge on any atom is 0.0604 e. The highest BCUT2D eigenvalue weighted by Crippen LogP contribution is 2.23. The molecule has 3 nitrogen and oxygen atoms in total. The molecular formula is C14H28N2O. The molecule has 17 heavy (non-hydrogen) atoms. The minimum atomic E-state index is 0.527. The van der Waals surface area contributed by atoms with Gasteiger partial charge in [0.25, 0.3) is 0 Å². The van der Waals surface area contributed by atoms with Crippen LogP contribution in [0.1, 0.15) is 46.0 Å². The number of nitrogens with zero attached hydrogens (tertiary/aromatic N) is 1. The van der Waals surface area contributed by atoms with Crippen LogP contribution in [0, 0.1) is 0 Å². The van der Waals surface area contributed by atoms with Crippen LogP contribution in [0.4, 0.5) is 0 Å². The fraction of sp³-hybridized carbons (Fsp3) is 1.00. The van der Waals surface area contributed by atoms with Crippen molar-refractivity contribution in [3.8, 4) is 0 Å². The van der Waals surface area contributed by atoms with Crippen molar-refractivity contribution >= 4 is 0 Å². The Labute approximate surface area is 106 Å². The van der Waals surface area contributed by atoms with Crippen LogP contribution in [0.15, 0.2) is 0 Å². The molecule has 1 saturated heterocycles. The van der Waals surface area contributed by atoms with E-state index in [0.717, 1.165) is 6.61 Å². The number of hydrogen-bond acceptors (Lipinski definition) is 3. The first kappa shape index (κ1) is 13.3.